The third-order valence-corrected chi connectivity index (χ3v) is 2.47. The Balaban J connectivity index is 2.48. The Morgan fingerprint density at radius 3 is 2.94 bits per heavy atom. The van der Waals surface area contributed by atoms with Crippen molar-refractivity contribution in [3.05, 3.63) is 24.2 Å². The van der Waals surface area contributed by atoms with Gasteiger partial charge >= 0.3 is 0 Å². The van der Waals surface area contributed by atoms with Crippen molar-refractivity contribution in [3.63, 3.8) is 0 Å². The van der Waals surface area contributed by atoms with Crippen molar-refractivity contribution >= 4 is 22.3 Å². The van der Waals surface area contributed by atoms with Gasteiger partial charge in [0.25, 0.3) is 0 Å². The number of fused-ring (bicyclic) bond motifs is 3. The quantitative estimate of drug-likeness (QED) is 0.657. The van der Waals surface area contributed by atoms with Crippen LogP contribution in [0.5, 0.6) is 0 Å². The summed E-state index contributed by atoms with van der Waals surface area (Å²) in [5.74, 6) is -1.25. The van der Waals surface area contributed by atoms with Crippen LogP contribution in [0.2, 0.25) is 0 Å². The maximum Gasteiger partial charge on any atom is 0.225 e. The lowest BCUT2D eigenvalue weighted by Crippen LogP contribution is -2.31. The van der Waals surface area contributed by atoms with E-state index in [2.05, 4.69) is 20.9 Å². The predicted molar refractivity (Wildman–Crippen MR) is 54.6 cm³/mol. The molecule has 3 rings (SSSR count). The number of hydrazine groups is 2. The molecule has 0 saturated heterocycles. The summed E-state index contributed by atoms with van der Waals surface area (Å²) in [6.45, 7) is 0. The second-order valence-electron chi connectivity index (χ2n) is 3.44. The molecule has 0 spiro atoms. The molecule has 0 amide bonds. The Morgan fingerprint density at radius 2 is 2.12 bits per heavy atom. The molecule has 2 N–H and O–H groups in total. The maximum absolute atomic E-state index is 13.6. The Kier molecular flexibility index (Phi) is 1.72. The number of aromatic nitrogens is 2. The number of anilines is 2. The number of nitrogens with zero attached hydrogens (tertiary/aromatic N) is 3. The van der Waals surface area contributed by atoms with E-state index in [4.69, 9.17) is 0 Å². The van der Waals surface area contributed by atoms with E-state index in [9.17, 15) is 8.78 Å². The fourth-order valence-corrected chi connectivity index (χ4v) is 1.78. The van der Waals surface area contributed by atoms with E-state index in [1.807, 2.05) is 0 Å². The Bertz CT molecular complexity index is 586. The molecule has 5 nitrogen and oxygen atoms in total. The van der Waals surface area contributed by atoms with Crippen molar-refractivity contribution in [3.8, 4) is 0 Å². The van der Waals surface area contributed by atoms with Crippen LogP contribution in [0.1, 0.15) is 0 Å². The molecule has 0 radical (unpaired) electrons. The summed E-state index contributed by atoms with van der Waals surface area (Å²) in [5, 5.41) is 1.82. The summed E-state index contributed by atoms with van der Waals surface area (Å²) in [6, 6.07) is 0. The molecule has 1 aliphatic heterocycles. The van der Waals surface area contributed by atoms with Gasteiger partial charge in [0.15, 0.2) is 11.6 Å². The molecular formula is C9H7F2N5. The third-order valence-electron chi connectivity index (χ3n) is 2.47. The van der Waals surface area contributed by atoms with E-state index in [0.717, 1.165) is 6.20 Å². The molecule has 0 atom stereocenters. The van der Waals surface area contributed by atoms with Crippen LogP contribution in [0.4, 0.5) is 20.3 Å². The van der Waals surface area contributed by atoms with E-state index >= 15 is 0 Å². The van der Waals surface area contributed by atoms with Crippen molar-refractivity contribution in [2.75, 3.05) is 17.5 Å². The van der Waals surface area contributed by atoms with Crippen LogP contribution >= 0.6 is 0 Å². The Labute approximate surface area is 89.0 Å². The monoisotopic (exact) mass is 223 g/mol. The minimum absolute atomic E-state index is 0.147. The molecule has 0 aromatic carbocycles. The first-order chi connectivity index (χ1) is 7.68. The van der Waals surface area contributed by atoms with Gasteiger partial charge in [-0.2, -0.15) is 9.37 Å². The summed E-state index contributed by atoms with van der Waals surface area (Å²) in [6.07, 6.45) is 2.38. The van der Waals surface area contributed by atoms with Crippen molar-refractivity contribution in [2.45, 2.75) is 0 Å². The zero-order valence-electron chi connectivity index (χ0n) is 8.25. The first-order valence-corrected chi connectivity index (χ1v) is 4.56. The minimum atomic E-state index is -0.849. The molecular weight excluding hydrogens is 216 g/mol. The summed E-state index contributed by atoms with van der Waals surface area (Å²) in [4.78, 5) is 7.36. The number of pyridine rings is 2. The molecule has 2 aromatic heterocycles. The predicted octanol–water partition coefficient (Wildman–Crippen LogP) is 1.19. The average Bonchev–Trinajstić information content (AvgIpc) is 2.60. The summed E-state index contributed by atoms with van der Waals surface area (Å²) >= 11 is 0. The van der Waals surface area contributed by atoms with E-state index in [1.54, 1.807) is 12.1 Å². The van der Waals surface area contributed by atoms with Gasteiger partial charge < -0.3 is 0 Å². The van der Waals surface area contributed by atoms with Crippen LogP contribution in [-0.2, 0) is 0 Å². The fourth-order valence-electron chi connectivity index (χ4n) is 1.78. The molecule has 16 heavy (non-hydrogen) atoms. The second-order valence-corrected chi connectivity index (χ2v) is 3.44. The van der Waals surface area contributed by atoms with Gasteiger partial charge in [-0.25, -0.2) is 4.39 Å². The molecule has 3 heterocycles. The van der Waals surface area contributed by atoms with E-state index in [-0.39, 0.29) is 5.39 Å². The average molecular weight is 223 g/mol. The highest BCUT2D eigenvalue weighted by Gasteiger charge is 2.23. The second kappa shape index (κ2) is 2.99. The molecule has 0 bridgehead atoms. The number of rotatable bonds is 0. The molecule has 0 aliphatic carbocycles. The van der Waals surface area contributed by atoms with Crippen LogP contribution in [-0.4, -0.2) is 17.0 Å². The lowest BCUT2D eigenvalue weighted by molar-refractivity contribution is 0.579. The van der Waals surface area contributed by atoms with E-state index in [1.165, 1.54) is 6.20 Å². The zero-order chi connectivity index (χ0) is 11.3. The van der Waals surface area contributed by atoms with Gasteiger partial charge in [-0.3, -0.25) is 15.4 Å². The molecule has 0 fully saturated rings. The summed E-state index contributed by atoms with van der Waals surface area (Å²) in [5.41, 5.74) is 5.98. The lowest BCUT2D eigenvalue weighted by atomic mass is 10.2. The van der Waals surface area contributed by atoms with Crippen molar-refractivity contribution < 1.29 is 8.78 Å². The highest BCUT2D eigenvalue weighted by atomic mass is 19.1. The highest BCUT2D eigenvalue weighted by molar-refractivity contribution is 5.99. The standard InChI is InChI=1S/C9H7F2N5/c1-16-7-4-2-12-3-5(10)6(4)8(11)13-9(7)14-15-16/h2-3,15H,1H3,(H,13,14). The molecule has 82 valence electrons. The van der Waals surface area contributed by atoms with Gasteiger partial charge in [0, 0.05) is 18.6 Å². The smallest absolute Gasteiger partial charge is 0.225 e. The largest absolute Gasteiger partial charge is 0.290 e. The van der Waals surface area contributed by atoms with Crippen molar-refractivity contribution in [1.29, 1.82) is 0 Å². The first kappa shape index (κ1) is 9.22. The van der Waals surface area contributed by atoms with E-state index in [0.29, 0.717) is 16.9 Å². The normalized spacial score (nSPS) is 14.1. The van der Waals surface area contributed by atoms with Crippen molar-refractivity contribution in [1.82, 2.24) is 15.5 Å². The Hall–Kier alpha value is -2.02. The summed E-state index contributed by atoms with van der Waals surface area (Å²) < 4.78 is 27.0. The molecule has 0 unspecified atom stereocenters. The summed E-state index contributed by atoms with van der Waals surface area (Å²) in [7, 11) is 1.71. The molecule has 7 heteroatoms. The third kappa shape index (κ3) is 1.06. The first-order valence-electron chi connectivity index (χ1n) is 4.56. The molecule has 2 aromatic rings. The molecule has 0 saturated carbocycles. The minimum Gasteiger partial charge on any atom is -0.290 e. The van der Waals surface area contributed by atoms with Gasteiger partial charge in [-0.1, -0.05) is 0 Å². The van der Waals surface area contributed by atoms with Gasteiger partial charge in [0.2, 0.25) is 5.95 Å². The van der Waals surface area contributed by atoms with Crippen LogP contribution in [0.25, 0.3) is 10.8 Å². The van der Waals surface area contributed by atoms with Gasteiger partial charge in [0.05, 0.1) is 11.6 Å². The van der Waals surface area contributed by atoms with Gasteiger partial charge in [-0.15, -0.1) is 5.53 Å². The van der Waals surface area contributed by atoms with E-state index < -0.39 is 11.8 Å². The van der Waals surface area contributed by atoms with Gasteiger partial charge in [-0.05, 0) is 0 Å². The van der Waals surface area contributed by atoms with Crippen LogP contribution in [0.3, 0.4) is 0 Å². The SMILES string of the molecule is CN1NNc2nc(F)c3c(F)cncc3c21. The number of hydrogen-bond acceptors (Lipinski definition) is 5. The maximum atomic E-state index is 13.6. The number of hydrogen-bond donors (Lipinski definition) is 2. The highest BCUT2D eigenvalue weighted by Crippen LogP contribution is 2.35. The van der Waals surface area contributed by atoms with Crippen molar-refractivity contribution in [2.24, 2.45) is 0 Å². The van der Waals surface area contributed by atoms with Crippen LogP contribution in [0, 0.1) is 11.8 Å². The number of halogens is 2. The lowest BCUT2D eigenvalue weighted by Gasteiger charge is -2.11. The fraction of sp³-hybridized carbons (Fsp3) is 0.111. The topological polar surface area (TPSA) is 53.1 Å². The van der Waals surface area contributed by atoms with Crippen LogP contribution < -0.4 is 16.0 Å². The zero-order valence-corrected chi connectivity index (χ0v) is 8.25. The molecule has 1 aliphatic rings. The number of nitrogens with one attached hydrogen (secondary N) is 2. The van der Waals surface area contributed by atoms with Gasteiger partial charge in [0.1, 0.15) is 5.69 Å². The van der Waals surface area contributed by atoms with Crippen LogP contribution in [0.15, 0.2) is 12.4 Å². The Morgan fingerprint density at radius 1 is 1.31 bits per heavy atom.